The van der Waals surface area contributed by atoms with Crippen LogP contribution in [0.2, 0.25) is 0 Å². The van der Waals surface area contributed by atoms with Gasteiger partial charge in [-0.1, -0.05) is 0 Å². The average molecular weight is 324 g/mol. The third-order valence-corrected chi connectivity index (χ3v) is 2.37. The van der Waals surface area contributed by atoms with E-state index in [1.165, 1.54) is 0 Å². The normalized spacial score (nSPS) is 12.3. The Balaban J connectivity index is 0.00000220. The molecule has 1 heterocycles. The Hall–Kier alpha value is -1.33. The summed E-state index contributed by atoms with van der Waals surface area (Å²) in [6, 6.07) is 0.570. The number of hydrogen-bond acceptors (Lipinski definition) is 2. The molecule has 0 fully saturated rings. The van der Waals surface area contributed by atoms with Crippen LogP contribution >= 0.6 is 0 Å². The fraction of sp³-hybridized carbons (Fsp3) is 0.222. The van der Waals surface area contributed by atoms with Crippen molar-refractivity contribution in [2.24, 2.45) is 0 Å². The Morgan fingerprint density at radius 1 is 1.10 bits per heavy atom. The number of H-pyrrole nitrogens is 1. The number of hydrogen-bond donors (Lipinski definition) is 2. The van der Waals surface area contributed by atoms with Gasteiger partial charge >= 0.3 is 47.6 Å². The summed E-state index contributed by atoms with van der Waals surface area (Å²) in [4.78, 5) is 14.4. The zero-order valence-electron chi connectivity index (χ0n) is 9.17. The van der Waals surface area contributed by atoms with Crippen molar-refractivity contribution < 1.29 is 36.5 Å². The molecule has 1 aromatic carbocycles. The molecule has 12 heteroatoms. The molecule has 0 aliphatic heterocycles. The van der Waals surface area contributed by atoms with Crippen molar-refractivity contribution in [3.05, 3.63) is 28.4 Å². The third-order valence-electron chi connectivity index (χ3n) is 2.37. The van der Waals surface area contributed by atoms with Crippen molar-refractivity contribution >= 4 is 46.3 Å². The summed E-state index contributed by atoms with van der Waals surface area (Å²) in [5.74, 6) is -1.57. The molecule has 2 N–H and O–H groups in total. The summed E-state index contributed by atoms with van der Waals surface area (Å²) in [6.45, 7) is 0. The van der Waals surface area contributed by atoms with Crippen molar-refractivity contribution in [2.45, 2.75) is 12.4 Å². The number of alkyl halides is 6. The van der Waals surface area contributed by atoms with Gasteiger partial charge in [0.25, 0.3) is 4.92 Å². The van der Waals surface area contributed by atoms with Crippen molar-refractivity contribution in [1.29, 1.82) is 0 Å². The second-order valence-electron chi connectivity index (χ2n) is 3.75. The van der Waals surface area contributed by atoms with Gasteiger partial charge in [0.2, 0.25) is 5.82 Å². The molecule has 0 saturated heterocycles. The predicted molar refractivity (Wildman–Crippen MR) is 58.3 cm³/mol. The van der Waals surface area contributed by atoms with Gasteiger partial charge in [0.15, 0.2) is 5.52 Å². The van der Waals surface area contributed by atoms with Crippen LogP contribution in [0.4, 0.5) is 32.0 Å². The van der Waals surface area contributed by atoms with Crippen LogP contribution < -0.4 is 0 Å². The molecular formula is C9H5F6N3NaO2+. The molecule has 0 aliphatic carbocycles. The fourth-order valence-corrected chi connectivity index (χ4v) is 1.54. The average Bonchev–Trinajstić information content (AvgIpc) is 2.68. The molecule has 0 aliphatic rings. The number of nitrogens with zero attached hydrogens (tertiary/aromatic N) is 2. The third kappa shape index (κ3) is 3.47. The molecule has 21 heavy (non-hydrogen) atoms. The number of imidazole rings is 1. The number of halogens is 6. The van der Waals surface area contributed by atoms with Crippen molar-refractivity contribution in [3.63, 3.8) is 0 Å². The standard InChI is InChI=1S/C9H4F6N3O2.Na.H/c10-8(11,12)3-1-4-6(5(2-3)18(19)20)17-7(16-4)9(13,14)15;;/h1-2H,(H,16,17)(H,19,20);;/q+1;;. The topological polar surface area (TPSA) is 69.0 Å². The van der Waals surface area contributed by atoms with E-state index in [1.54, 1.807) is 4.98 Å². The molecule has 0 saturated carbocycles. The summed E-state index contributed by atoms with van der Waals surface area (Å²) in [5, 5.41) is 8.70. The first-order chi connectivity index (χ1) is 9.00. The first kappa shape index (κ1) is 17.7. The zero-order chi connectivity index (χ0) is 15.3. The van der Waals surface area contributed by atoms with E-state index in [-0.39, 0.29) is 35.6 Å². The van der Waals surface area contributed by atoms with Gasteiger partial charge in [-0.2, -0.15) is 26.3 Å². The molecule has 2 rings (SSSR count). The van der Waals surface area contributed by atoms with Gasteiger partial charge in [0, 0.05) is 6.07 Å². The second kappa shape index (κ2) is 5.46. The van der Waals surface area contributed by atoms with Crippen LogP contribution in [0.25, 0.3) is 11.0 Å². The molecule has 0 atom stereocenters. The van der Waals surface area contributed by atoms with Crippen LogP contribution in [0.5, 0.6) is 0 Å². The number of fused-ring (bicyclic) bond motifs is 1. The van der Waals surface area contributed by atoms with Gasteiger partial charge < -0.3 is 4.98 Å². The first-order valence-electron chi connectivity index (χ1n) is 4.84. The molecule has 0 spiro atoms. The van der Waals surface area contributed by atoms with Crippen LogP contribution in [0.3, 0.4) is 0 Å². The van der Waals surface area contributed by atoms with Gasteiger partial charge in [-0.3, -0.25) is 0 Å². The number of aromatic amines is 1. The molecule has 1 aromatic heterocycles. The van der Waals surface area contributed by atoms with Crippen LogP contribution in [-0.4, -0.2) is 49.7 Å². The summed E-state index contributed by atoms with van der Waals surface area (Å²) in [7, 11) is 0. The van der Waals surface area contributed by atoms with Crippen LogP contribution in [0.15, 0.2) is 12.1 Å². The van der Waals surface area contributed by atoms with E-state index < -0.39 is 45.4 Å². The summed E-state index contributed by atoms with van der Waals surface area (Å²) in [6.07, 6.45) is -9.83. The Morgan fingerprint density at radius 3 is 2.10 bits per heavy atom. The Bertz CT molecular complexity index is 693. The minimum atomic E-state index is -4.93. The van der Waals surface area contributed by atoms with E-state index in [0.717, 1.165) is 0 Å². The van der Waals surface area contributed by atoms with Gasteiger partial charge in [0.1, 0.15) is 0 Å². The molecule has 110 valence electrons. The molecular weight excluding hydrogens is 319 g/mol. The van der Waals surface area contributed by atoms with Gasteiger partial charge in [0.05, 0.1) is 16.0 Å². The number of nitrogens with one attached hydrogen (secondary N) is 1. The fourth-order valence-electron chi connectivity index (χ4n) is 1.54. The zero-order valence-corrected chi connectivity index (χ0v) is 9.17. The Kier molecular flexibility index (Phi) is 4.61. The maximum absolute atomic E-state index is 12.5. The van der Waals surface area contributed by atoms with Crippen molar-refractivity contribution in [2.75, 3.05) is 0 Å². The van der Waals surface area contributed by atoms with Gasteiger partial charge in [-0.15, -0.1) is 0 Å². The van der Waals surface area contributed by atoms with Crippen molar-refractivity contribution in [3.8, 4) is 0 Å². The molecule has 2 aromatic rings. The molecule has 0 unspecified atom stereocenters. The molecule has 0 radical (unpaired) electrons. The molecule has 0 amide bonds. The predicted octanol–water partition coefficient (Wildman–Crippen LogP) is 2.75. The van der Waals surface area contributed by atoms with Crippen LogP contribution in [0, 0.1) is 4.91 Å². The summed E-state index contributed by atoms with van der Waals surface area (Å²) >= 11 is 0. The SMILES string of the molecule is O=[N+](O)c1cc(C(F)(F)F)cc2[nH]c(C(F)(F)F)nc12.[NaH]. The van der Waals surface area contributed by atoms with E-state index in [4.69, 9.17) is 5.21 Å². The van der Waals surface area contributed by atoms with E-state index in [9.17, 15) is 31.2 Å². The first-order valence-corrected chi connectivity index (χ1v) is 4.84. The van der Waals surface area contributed by atoms with E-state index >= 15 is 0 Å². The maximum atomic E-state index is 12.5. The molecule has 0 bridgehead atoms. The van der Waals surface area contributed by atoms with E-state index in [1.807, 2.05) is 0 Å². The minimum absolute atomic E-state index is 0. The quantitative estimate of drug-likeness (QED) is 0.481. The number of benzene rings is 1. The summed E-state index contributed by atoms with van der Waals surface area (Å²) < 4.78 is 74.9. The Labute approximate surface area is 133 Å². The number of rotatable bonds is 1. The van der Waals surface area contributed by atoms with Crippen LogP contribution in [0.1, 0.15) is 11.4 Å². The van der Waals surface area contributed by atoms with Crippen molar-refractivity contribution in [1.82, 2.24) is 9.97 Å². The van der Waals surface area contributed by atoms with Gasteiger partial charge in [-0.25, -0.2) is 10.2 Å². The second-order valence-corrected chi connectivity index (χ2v) is 3.75. The number of aromatic nitrogens is 2. The van der Waals surface area contributed by atoms with Crippen LogP contribution in [-0.2, 0) is 12.4 Å². The monoisotopic (exact) mass is 324 g/mol. The molecule has 5 nitrogen and oxygen atoms in total. The summed E-state index contributed by atoms with van der Waals surface area (Å²) in [5.41, 5.74) is -3.83. The van der Waals surface area contributed by atoms with E-state index in [2.05, 4.69) is 4.98 Å². The van der Waals surface area contributed by atoms with E-state index in [0.29, 0.717) is 6.07 Å². The Morgan fingerprint density at radius 2 is 1.67 bits per heavy atom. The van der Waals surface area contributed by atoms with Gasteiger partial charge in [-0.05, 0) is 6.07 Å².